The lowest BCUT2D eigenvalue weighted by Gasteiger charge is -2.18. The third kappa shape index (κ3) is 59.9. The number of carbonyl (C=O) groups is 3. The molecule has 0 aromatic rings. The van der Waals surface area contributed by atoms with Crippen LogP contribution >= 0.6 is 0 Å². The number of allylic oxidation sites excluding steroid dienone is 26. The SMILES string of the molecule is CC/C=C\C/C=C\C/C=C\C/C=C\C/C=C\C/C=C\C/C=C\C/C=C\CCCCCCCCCCCCC(=O)OCC(COC(=O)CCCCCCCC)OC(=O)CCC/C=C\C/C=C\C/C=C\C/C=C\C/C=C\CC. The third-order valence-corrected chi connectivity index (χ3v) is 12.3. The van der Waals surface area contributed by atoms with Crippen molar-refractivity contribution in [3.05, 3.63) is 158 Å². The quantitative estimate of drug-likeness (QED) is 0.0261. The first-order valence-corrected chi connectivity index (χ1v) is 30.5. The molecule has 0 bridgehead atoms. The van der Waals surface area contributed by atoms with Crippen LogP contribution in [0.4, 0.5) is 0 Å². The van der Waals surface area contributed by atoms with Gasteiger partial charge in [-0.2, -0.15) is 0 Å². The Bertz CT molecular complexity index is 1720. The van der Waals surface area contributed by atoms with Gasteiger partial charge in [0.15, 0.2) is 6.10 Å². The van der Waals surface area contributed by atoms with Crippen molar-refractivity contribution in [2.75, 3.05) is 13.2 Å². The van der Waals surface area contributed by atoms with Crippen LogP contribution in [0, 0.1) is 0 Å². The lowest BCUT2D eigenvalue weighted by molar-refractivity contribution is -0.167. The normalized spacial score (nSPS) is 13.2. The van der Waals surface area contributed by atoms with Crippen LogP contribution in [-0.2, 0) is 28.6 Å². The van der Waals surface area contributed by atoms with Crippen molar-refractivity contribution < 1.29 is 28.6 Å². The molecule has 0 aliphatic carbocycles. The minimum atomic E-state index is -0.812. The predicted octanol–water partition coefficient (Wildman–Crippen LogP) is 20.9. The third-order valence-electron chi connectivity index (χ3n) is 12.3. The van der Waals surface area contributed by atoms with Crippen LogP contribution in [0.2, 0.25) is 0 Å². The maximum Gasteiger partial charge on any atom is 0.306 e. The summed E-state index contributed by atoms with van der Waals surface area (Å²) in [4.78, 5) is 37.9. The van der Waals surface area contributed by atoms with Crippen molar-refractivity contribution in [1.82, 2.24) is 0 Å². The highest BCUT2D eigenvalue weighted by Gasteiger charge is 2.19. The van der Waals surface area contributed by atoms with Crippen molar-refractivity contribution >= 4 is 17.9 Å². The average Bonchev–Trinajstić information content (AvgIpc) is 3.42. The first-order valence-electron chi connectivity index (χ1n) is 30.5. The van der Waals surface area contributed by atoms with E-state index in [4.69, 9.17) is 14.2 Å². The van der Waals surface area contributed by atoms with Gasteiger partial charge in [-0.3, -0.25) is 14.4 Å². The first kappa shape index (κ1) is 71.0. The van der Waals surface area contributed by atoms with Crippen LogP contribution in [0.3, 0.4) is 0 Å². The molecule has 0 fully saturated rings. The van der Waals surface area contributed by atoms with Crippen LogP contribution in [0.25, 0.3) is 0 Å². The zero-order chi connectivity index (χ0) is 55.0. The van der Waals surface area contributed by atoms with E-state index in [2.05, 4.69) is 179 Å². The Morgan fingerprint density at radius 3 is 0.842 bits per heavy atom. The van der Waals surface area contributed by atoms with E-state index in [0.717, 1.165) is 135 Å². The molecule has 0 aromatic heterocycles. The van der Waals surface area contributed by atoms with E-state index in [-0.39, 0.29) is 37.5 Å². The zero-order valence-electron chi connectivity index (χ0n) is 48.7. The molecule has 0 rings (SSSR count). The van der Waals surface area contributed by atoms with Crippen LogP contribution < -0.4 is 0 Å². The monoisotopic (exact) mass is 1050 g/mol. The Morgan fingerprint density at radius 2 is 0.526 bits per heavy atom. The standard InChI is InChI=1S/C70H110O6/c1-4-7-10-13-16-18-20-22-24-26-27-28-29-30-31-32-33-34-35-36-37-38-39-40-41-42-43-45-46-48-50-52-54-57-60-63-69(72)75-66-67(65-74-68(71)62-59-56-15-12-9-6-3)76-70(73)64-61-58-55-53-51-49-47-44-25-23-21-19-17-14-11-8-5-2/h7-8,10-11,16-19,22-25,27-28,30-31,33-34,36-37,39-40,47,49,53,55,67H,4-6,9,12-15,20-21,26,29,32,35,38,41-46,48,50-52,54,56-66H2,1-3H3/b10-7-,11-8-,18-16-,19-17-,24-22-,25-23-,28-27-,31-30-,34-33-,37-36-,40-39-,49-47-,55-53-. The lowest BCUT2D eigenvalue weighted by atomic mass is 10.1. The topological polar surface area (TPSA) is 78.9 Å². The number of ether oxygens (including phenoxy) is 3. The van der Waals surface area contributed by atoms with E-state index in [0.29, 0.717) is 19.3 Å². The van der Waals surface area contributed by atoms with Crippen molar-refractivity contribution in [3.63, 3.8) is 0 Å². The molecule has 6 nitrogen and oxygen atoms in total. The summed E-state index contributed by atoms with van der Waals surface area (Å²) in [5, 5.41) is 0. The second kappa shape index (κ2) is 62.6. The Balaban J connectivity index is 4.14. The highest BCUT2D eigenvalue weighted by atomic mass is 16.6. The van der Waals surface area contributed by atoms with Gasteiger partial charge in [0.05, 0.1) is 0 Å². The molecule has 0 amide bonds. The lowest BCUT2D eigenvalue weighted by Crippen LogP contribution is -2.30. The van der Waals surface area contributed by atoms with Gasteiger partial charge in [-0.25, -0.2) is 0 Å². The number of hydrogen-bond donors (Lipinski definition) is 0. The molecular formula is C70H110O6. The second-order valence-electron chi connectivity index (χ2n) is 19.5. The van der Waals surface area contributed by atoms with Crippen molar-refractivity contribution in [1.29, 1.82) is 0 Å². The van der Waals surface area contributed by atoms with Crippen LogP contribution in [0.1, 0.15) is 245 Å². The van der Waals surface area contributed by atoms with Crippen LogP contribution in [0.5, 0.6) is 0 Å². The van der Waals surface area contributed by atoms with Gasteiger partial charge in [0, 0.05) is 19.3 Å². The molecule has 0 saturated heterocycles. The van der Waals surface area contributed by atoms with Crippen LogP contribution in [0.15, 0.2) is 158 Å². The van der Waals surface area contributed by atoms with E-state index in [1.807, 2.05) is 0 Å². The summed E-state index contributed by atoms with van der Waals surface area (Å²) in [6.07, 6.45) is 91.5. The molecule has 76 heavy (non-hydrogen) atoms. The number of carbonyl (C=O) groups excluding carboxylic acids is 3. The van der Waals surface area contributed by atoms with Gasteiger partial charge in [0.25, 0.3) is 0 Å². The first-order chi connectivity index (χ1) is 37.5. The van der Waals surface area contributed by atoms with E-state index >= 15 is 0 Å². The molecule has 1 atom stereocenters. The van der Waals surface area contributed by atoms with E-state index in [9.17, 15) is 14.4 Å². The fraction of sp³-hybridized carbons (Fsp3) is 0.586. The van der Waals surface area contributed by atoms with Crippen molar-refractivity contribution in [3.8, 4) is 0 Å². The fourth-order valence-electron chi connectivity index (χ4n) is 7.79. The van der Waals surface area contributed by atoms with Gasteiger partial charge in [0.2, 0.25) is 0 Å². The average molecular weight is 1050 g/mol. The van der Waals surface area contributed by atoms with E-state index in [1.165, 1.54) is 64.2 Å². The Morgan fingerprint density at radius 1 is 0.276 bits per heavy atom. The van der Waals surface area contributed by atoms with Gasteiger partial charge in [0.1, 0.15) is 13.2 Å². The smallest absolute Gasteiger partial charge is 0.306 e. The number of esters is 3. The molecule has 1 unspecified atom stereocenters. The van der Waals surface area contributed by atoms with Gasteiger partial charge < -0.3 is 14.2 Å². The summed E-state index contributed by atoms with van der Waals surface area (Å²) in [5.41, 5.74) is 0. The molecule has 0 radical (unpaired) electrons. The number of hydrogen-bond acceptors (Lipinski definition) is 6. The molecule has 0 saturated carbocycles. The molecule has 0 aromatic carbocycles. The molecular weight excluding hydrogens is 937 g/mol. The zero-order valence-corrected chi connectivity index (χ0v) is 48.7. The van der Waals surface area contributed by atoms with Crippen LogP contribution in [-0.4, -0.2) is 37.2 Å². The summed E-state index contributed by atoms with van der Waals surface area (Å²) < 4.78 is 16.7. The number of rotatable bonds is 53. The largest absolute Gasteiger partial charge is 0.462 e. The molecule has 6 heteroatoms. The highest BCUT2D eigenvalue weighted by molar-refractivity contribution is 5.71. The molecule has 0 aliphatic heterocycles. The Kier molecular flexibility index (Phi) is 58.5. The maximum atomic E-state index is 12.8. The van der Waals surface area contributed by atoms with Gasteiger partial charge in [-0.1, -0.05) is 262 Å². The maximum absolute atomic E-state index is 12.8. The summed E-state index contributed by atoms with van der Waals surface area (Å²) in [6, 6.07) is 0. The molecule has 0 heterocycles. The molecule has 0 N–H and O–H groups in total. The Labute approximate surface area is 467 Å². The summed E-state index contributed by atoms with van der Waals surface area (Å²) in [7, 11) is 0. The van der Waals surface area contributed by atoms with E-state index in [1.54, 1.807) is 0 Å². The minimum Gasteiger partial charge on any atom is -0.462 e. The van der Waals surface area contributed by atoms with Gasteiger partial charge >= 0.3 is 17.9 Å². The van der Waals surface area contributed by atoms with Gasteiger partial charge in [-0.15, -0.1) is 0 Å². The predicted molar refractivity (Wildman–Crippen MR) is 329 cm³/mol. The summed E-state index contributed by atoms with van der Waals surface area (Å²) >= 11 is 0. The van der Waals surface area contributed by atoms with Crippen molar-refractivity contribution in [2.45, 2.75) is 252 Å². The molecule has 0 aliphatic rings. The second-order valence-corrected chi connectivity index (χ2v) is 19.5. The van der Waals surface area contributed by atoms with Gasteiger partial charge in [-0.05, 0) is 122 Å². The van der Waals surface area contributed by atoms with E-state index < -0.39 is 6.10 Å². The highest BCUT2D eigenvalue weighted by Crippen LogP contribution is 2.14. The van der Waals surface area contributed by atoms with Crippen molar-refractivity contribution in [2.24, 2.45) is 0 Å². The number of unbranched alkanes of at least 4 members (excludes halogenated alkanes) is 16. The Hall–Kier alpha value is -4.97. The fourth-order valence-corrected chi connectivity index (χ4v) is 7.79. The molecule has 0 spiro atoms. The molecule has 426 valence electrons. The summed E-state index contributed by atoms with van der Waals surface area (Å²) in [6.45, 7) is 6.28. The summed E-state index contributed by atoms with van der Waals surface area (Å²) in [5.74, 6) is -0.987. The minimum absolute atomic E-state index is 0.107.